The maximum absolute atomic E-state index is 13.0. The van der Waals surface area contributed by atoms with Gasteiger partial charge in [-0.2, -0.15) is 13.2 Å². The van der Waals surface area contributed by atoms with E-state index in [1.807, 2.05) is 13.0 Å². The zero-order chi connectivity index (χ0) is 24.3. The summed E-state index contributed by atoms with van der Waals surface area (Å²) in [5.41, 5.74) is 3.14. The van der Waals surface area contributed by atoms with Crippen molar-refractivity contribution in [3.8, 4) is 0 Å². The van der Waals surface area contributed by atoms with Crippen molar-refractivity contribution in [1.82, 2.24) is 14.9 Å². The minimum absolute atomic E-state index is 0.0410. The number of hydrogen-bond acceptors (Lipinski definition) is 6. The molecule has 5 heterocycles. The number of hydrogen-bond donors (Lipinski definition) is 1. The first-order chi connectivity index (χ1) is 16.8. The number of anilines is 2. The van der Waals surface area contributed by atoms with Crippen LogP contribution in [-0.4, -0.2) is 52.6 Å². The maximum Gasteiger partial charge on any atom is 0.393 e. The predicted octanol–water partition coefficient (Wildman–Crippen LogP) is 4.56. The van der Waals surface area contributed by atoms with E-state index in [1.54, 1.807) is 6.07 Å². The van der Waals surface area contributed by atoms with E-state index in [4.69, 9.17) is 4.98 Å². The monoisotopic (exact) mass is 501 g/mol. The number of likely N-dealkylation sites (tertiary alicyclic amines) is 1. The average molecular weight is 502 g/mol. The van der Waals surface area contributed by atoms with Gasteiger partial charge in [0.25, 0.3) is 0 Å². The number of rotatable bonds is 5. The van der Waals surface area contributed by atoms with Crippen molar-refractivity contribution in [1.29, 1.82) is 0 Å². The second kappa shape index (κ2) is 8.44. The average Bonchev–Trinajstić information content (AvgIpc) is 3.54. The number of benzene rings is 1. The standard InChI is InChI=1S/C25H26F3N5OS/c1-2-21-30-23(18-9-17(10-25(26,27)28)35-24(18)31-21)33-12-16-5-6-32(20(16)13-33)11-14-3-4-15-8-22(34)29-19(15)7-14/h3-4,7,9,16,20H,2,5-6,8,10-13H2,1H3,(H,29,34). The van der Waals surface area contributed by atoms with Crippen LogP contribution in [0.2, 0.25) is 0 Å². The molecule has 0 saturated carbocycles. The van der Waals surface area contributed by atoms with Gasteiger partial charge in [0.05, 0.1) is 18.2 Å². The summed E-state index contributed by atoms with van der Waals surface area (Å²) >= 11 is 1.12. The van der Waals surface area contributed by atoms with Crippen LogP contribution in [0, 0.1) is 5.92 Å². The SMILES string of the molecule is CCc1nc(N2CC3CCN(Cc4ccc5c(c4)NC(=O)C5)C3C2)c2cc(CC(F)(F)F)sc2n1. The highest BCUT2D eigenvalue weighted by Crippen LogP contribution is 2.39. The smallest absolute Gasteiger partial charge is 0.354 e. The number of aromatic nitrogens is 2. The Morgan fingerprint density at radius 3 is 2.86 bits per heavy atom. The number of nitrogens with one attached hydrogen (secondary N) is 1. The third-order valence-corrected chi connectivity index (χ3v) is 8.34. The first kappa shape index (κ1) is 22.7. The molecule has 184 valence electrons. The lowest BCUT2D eigenvalue weighted by molar-refractivity contribution is -0.126. The first-order valence-electron chi connectivity index (χ1n) is 12.0. The van der Waals surface area contributed by atoms with E-state index in [9.17, 15) is 18.0 Å². The summed E-state index contributed by atoms with van der Waals surface area (Å²) in [7, 11) is 0. The van der Waals surface area contributed by atoms with Gasteiger partial charge in [0.1, 0.15) is 16.5 Å². The first-order valence-corrected chi connectivity index (χ1v) is 12.8. The Balaban J connectivity index is 1.24. The lowest BCUT2D eigenvalue weighted by Crippen LogP contribution is -2.35. The van der Waals surface area contributed by atoms with Gasteiger partial charge in [-0.15, -0.1) is 11.3 Å². The molecule has 10 heteroatoms. The molecule has 0 aliphatic carbocycles. The van der Waals surface area contributed by atoms with Gasteiger partial charge in [-0.3, -0.25) is 9.69 Å². The Morgan fingerprint density at radius 1 is 1.20 bits per heavy atom. The van der Waals surface area contributed by atoms with Crippen molar-refractivity contribution >= 4 is 39.0 Å². The fourth-order valence-corrected chi connectivity index (χ4v) is 6.77. The fourth-order valence-electron chi connectivity index (χ4n) is 5.70. The van der Waals surface area contributed by atoms with Gasteiger partial charge in [-0.25, -0.2) is 9.97 Å². The van der Waals surface area contributed by atoms with Crippen molar-refractivity contribution in [2.45, 2.75) is 51.4 Å². The van der Waals surface area contributed by atoms with Gasteiger partial charge in [0, 0.05) is 42.7 Å². The normalized spacial score (nSPS) is 22.2. The van der Waals surface area contributed by atoms with E-state index >= 15 is 0 Å². The van der Waals surface area contributed by atoms with Gasteiger partial charge in [0.2, 0.25) is 5.91 Å². The predicted molar refractivity (Wildman–Crippen MR) is 130 cm³/mol. The highest BCUT2D eigenvalue weighted by molar-refractivity contribution is 7.18. The molecule has 0 spiro atoms. The summed E-state index contributed by atoms with van der Waals surface area (Å²) < 4.78 is 39.1. The van der Waals surface area contributed by atoms with Crippen molar-refractivity contribution in [2.24, 2.45) is 5.92 Å². The van der Waals surface area contributed by atoms with Crippen molar-refractivity contribution in [2.75, 3.05) is 29.9 Å². The van der Waals surface area contributed by atoms with Crippen molar-refractivity contribution in [3.63, 3.8) is 0 Å². The number of thiophene rings is 1. The van der Waals surface area contributed by atoms with Gasteiger partial charge in [-0.05, 0) is 42.1 Å². The topological polar surface area (TPSA) is 61.4 Å². The van der Waals surface area contributed by atoms with Crippen LogP contribution in [0.15, 0.2) is 24.3 Å². The Labute approximate surface area is 205 Å². The van der Waals surface area contributed by atoms with Crippen LogP contribution in [0.5, 0.6) is 0 Å². The van der Waals surface area contributed by atoms with Crippen LogP contribution in [0.1, 0.15) is 35.2 Å². The maximum atomic E-state index is 13.0. The van der Waals surface area contributed by atoms with Gasteiger partial charge in [-0.1, -0.05) is 19.1 Å². The Hall–Kier alpha value is -2.72. The van der Waals surface area contributed by atoms with Crippen LogP contribution in [-0.2, 0) is 30.6 Å². The van der Waals surface area contributed by atoms with Crippen LogP contribution in [0.4, 0.5) is 24.7 Å². The highest BCUT2D eigenvalue weighted by Gasteiger charge is 2.42. The molecule has 2 atom stereocenters. The summed E-state index contributed by atoms with van der Waals surface area (Å²) in [5, 5.41) is 3.66. The lowest BCUT2D eigenvalue weighted by Gasteiger charge is -2.25. The summed E-state index contributed by atoms with van der Waals surface area (Å²) in [4.78, 5) is 26.7. The van der Waals surface area contributed by atoms with E-state index < -0.39 is 12.6 Å². The van der Waals surface area contributed by atoms with Crippen LogP contribution >= 0.6 is 11.3 Å². The Kier molecular flexibility index (Phi) is 5.48. The number of carbonyl (C=O) groups excluding carboxylic acids is 1. The molecule has 2 unspecified atom stereocenters. The van der Waals surface area contributed by atoms with Crippen LogP contribution < -0.4 is 10.2 Å². The quantitative estimate of drug-likeness (QED) is 0.555. The Bertz CT molecular complexity index is 1310. The molecule has 3 aliphatic heterocycles. The van der Waals surface area contributed by atoms with Crippen LogP contribution in [0.3, 0.4) is 0 Å². The number of aryl methyl sites for hydroxylation is 1. The van der Waals surface area contributed by atoms with E-state index in [2.05, 4.69) is 32.2 Å². The van der Waals surface area contributed by atoms with Crippen LogP contribution in [0.25, 0.3) is 10.2 Å². The summed E-state index contributed by atoms with van der Waals surface area (Å²) in [5.74, 6) is 1.97. The molecular weight excluding hydrogens is 475 g/mol. The number of alkyl halides is 3. The molecule has 6 rings (SSSR count). The molecule has 35 heavy (non-hydrogen) atoms. The minimum atomic E-state index is -4.24. The van der Waals surface area contributed by atoms with Gasteiger partial charge >= 0.3 is 6.18 Å². The zero-order valence-electron chi connectivity index (χ0n) is 19.4. The summed E-state index contributed by atoms with van der Waals surface area (Å²) in [6.07, 6.45) is -3.01. The molecule has 3 aromatic rings. The minimum Gasteiger partial charge on any atom is -0.354 e. The lowest BCUT2D eigenvalue weighted by atomic mass is 10.0. The molecule has 6 nitrogen and oxygen atoms in total. The number of fused-ring (bicyclic) bond motifs is 3. The van der Waals surface area contributed by atoms with Gasteiger partial charge in [0.15, 0.2) is 0 Å². The third kappa shape index (κ3) is 4.38. The molecule has 0 radical (unpaired) electrons. The molecule has 1 aromatic carbocycles. The number of carbonyl (C=O) groups is 1. The molecule has 2 aromatic heterocycles. The molecule has 1 amide bonds. The van der Waals surface area contributed by atoms with E-state index in [-0.39, 0.29) is 10.8 Å². The molecule has 1 N–H and O–H groups in total. The third-order valence-electron chi connectivity index (χ3n) is 7.31. The Morgan fingerprint density at radius 2 is 2.06 bits per heavy atom. The van der Waals surface area contributed by atoms with Crippen molar-refractivity contribution in [3.05, 3.63) is 46.1 Å². The number of nitrogens with zero attached hydrogens (tertiary/aromatic N) is 4. The summed E-state index contributed by atoms with van der Waals surface area (Å²) in [6.45, 7) is 5.44. The molecule has 3 aliphatic rings. The number of halogens is 3. The van der Waals surface area contributed by atoms with Gasteiger partial charge < -0.3 is 10.2 Å². The molecule has 2 saturated heterocycles. The van der Waals surface area contributed by atoms with E-state index in [1.165, 1.54) is 5.56 Å². The molecule has 0 bridgehead atoms. The molecule has 2 fully saturated rings. The van der Waals surface area contributed by atoms with E-state index in [0.717, 1.165) is 66.4 Å². The second-order valence-corrected chi connectivity index (χ2v) is 10.9. The highest BCUT2D eigenvalue weighted by atomic mass is 32.1. The van der Waals surface area contributed by atoms with E-state index in [0.29, 0.717) is 35.5 Å². The number of amides is 1. The molecular formula is C25H26F3N5OS. The fraction of sp³-hybridized carbons (Fsp3) is 0.480. The zero-order valence-corrected chi connectivity index (χ0v) is 20.2. The van der Waals surface area contributed by atoms with Crippen molar-refractivity contribution < 1.29 is 18.0 Å². The summed E-state index contributed by atoms with van der Waals surface area (Å²) in [6, 6.07) is 8.22. The largest absolute Gasteiger partial charge is 0.393 e. The second-order valence-electron chi connectivity index (χ2n) is 9.75.